The number of amides is 1. The molecule has 2 aromatic rings. The van der Waals surface area contributed by atoms with Gasteiger partial charge in [0, 0.05) is 23.1 Å². The smallest absolute Gasteiger partial charge is 0.213 e. The zero-order chi connectivity index (χ0) is 14.3. The Morgan fingerprint density at radius 1 is 1.38 bits per heavy atom. The van der Waals surface area contributed by atoms with Gasteiger partial charge in [-0.1, -0.05) is 6.07 Å². The summed E-state index contributed by atoms with van der Waals surface area (Å²) in [6.07, 6.45) is 2.88. The Labute approximate surface area is 126 Å². The number of nitrogens with zero attached hydrogens (tertiary/aromatic N) is 2. The zero-order valence-electron chi connectivity index (χ0n) is 11.4. The van der Waals surface area contributed by atoms with E-state index in [0.717, 1.165) is 36.7 Å². The maximum Gasteiger partial charge on any atom is 0.213 e. The van der Waals surface area contributed by atoms with Crippen LogP contribution < -0.4 is 5.32 Å². The van der Waals surface area contributed by atoms with Crippen LogP contribution >= 0.6 is 11.3 Å². The third kappa shape index (κ3) is 2.15. The Morgan fingerprint density at radius 3 is 3.19 bits per heavy atom. The molecule has 5 nitrogen and oxygen atoms in total. The second kappa shape index (κ2) is 4.89. The van der Waals surface area contributed by atoms with Gasteiger partial charge >= 0.3 is 0 Å². The molecule has 4 rings (SSSR count). The van der Waals surface area contributed by atoms with Gasteiger partial charge in [-0.25, -0.2) is 4.98 Å². The van der Waals surface area contributed by atoms with Crippen LogP contribution in [0, 0.1) is 5.92 Å². The number of carbonyl (C=O) groups excluding carboxylic acids is 1. The van der Waals surface area contributed by atoms with Gasteiger partial charge in [0.05, 0.1) is 12.3 Å². The van der Waals surface area contributed by atoms with Crippen LogP contribution in [0.15, 0.2) is 23.6 Å². The Morgan fingerprint density at radius 2 is 2.33 bits per heavy atom. The molecule has 1 amide bonds. The van der Waals surface area contributed by atoms with Gasteiger partial charge in [-0.2, -0.15) is 0 Å². The van der Waals surface area contributed by atoms with E-state index in [2.05, 4.69) is 16.4 Å². The van der Waals surface area contributed by atoms with Crippen molar-refractivity contribution in [2.75, 3.05) is 18.5 Å². The van der Waals surface area contributed by atoms with E-state index in [1.165, 1.54) is 17.8 Å². The van der Waals surface area contributed by atoms with Crippen molar-refractivity contribution < 1.29 is 9.53 Å². The number of carbonyl (C=O) groups is 1. The van der Waals surface area contributed by atoms with Gasteiger partial charge in [0.25, 0.3) is 0 Å². The second-order valence-electron chi connectivity index (χ2n) is 5.59. The van der Waals surface area contributed by atoms with Crippen LogP contribution in [0.25, 0.3) is 11.4 Å². The van der Waals surface area contributed by atoms with Crippen molar-refractivity contribution >= 4 is 22.9 Å². The van der Waals surface area contributed by atoms with Crippen molar-refractivity contribution in [3.8, 4) is 11.4 Å². The lowest BCUT2D eigenvalue weighted by atomic mass is 9.93. The number of thiazole rings is 1. The zero-order valence-corrected chi connectivity index (χ0v) is 12.2. The van der Waals surface area contributed by atoms with E-state index < -0.39 is 0 Å². The van der Waals surface area contributed by atoms with Crippen molar-refractivity contribution in [2.45, 2.75) is 18.3 Å². The van der Waals surface area contributed by atoms with Gasteiger partial charge in [0.2, 0.25) is 6.41 Å². The summed E-state index contributed by atoms with van der Waals surface area (Å²) in [4.78, 5) is 19.7. The minimum absolute atomic E-state index is 0.230. The minimum atomic E-state index is 0.230. The molecule has 0 bridgehead atoms. The molecule has 1 aliphatic heterocycles. The first-order chi connectivity index (χ1) is 10.3. The number of rotatable bonds is 4. The van der Waals surface area contributed by atoms with Crippen molar-refractivity contribution in [1.82, 2.24) is 9.97 Å². The van der Waals surface area contributed by atoms with Crippen LogP contribution in [-0.2, 0) is 14.9 Å². The quantitative estimate of drug-likeness (QED) is 0.881. The molecule has 2 fully saturated rings. The summed E-state index contributed by atoms with van der Waals surface area (Å²) in [5.74, 6) is 0.622. The average molecular weight is 301 g/mol. The SMILES string of the molecule is O=CNc1nc(-c2cccc(C34CCOCC3C4)n2)cs1. The van der Waals surface area contributed by atoms with Crippen LogP contribution in [-0.4, -0.2) is 29.6 Å². The predicted octanol–water partition coefficient (Wildman–Crippen LogP) is 2.45. The van der Waals surface area contributed by atoms with Crippen LogP contribution in [0.3, 0.4) is 0 Å². The maximum absolute atomic E-state index is 10.5. The van der Waals surface area contributed by atoms with Gasteiger partial charge in [-0.05, 0) is 30.9 Å². The molecule has 2 atom stereocenters. The summed E-state index contributed by atoms with van der Waals surface area (Å²) in [6.45, 7) is 1.68. The molecule has 2 aromatic heterocycles. The van der Waals surface area contributed by atoms with Crippen molar-refractivity contribution in [3.63, 3.8) is 0 Å². The van der Waals surface area contributed by atoms with E-state index in [-0.39, 0.29) is 5.41 Å². The number of ether oxygens (including phenoxy) is 1. The molecule has 2 aliphatic rings. The number of nitrogens with one attached hydrogen (secondary N) is 1. The highest BCUT2D eigenvalue weighted by atomic mass is 32.1. The third-order valence-electron chi connectivity index (χ3n) is 4.45. The number of fused-ring (bicyclic) bond motifs is 1. The van der Waals surface area contributed by atoms with E-state index in [1.807, 2.05) is 17.5 Å². The van der Waals surface area contributed by atoms with Crippen molar-refractivity contribution in [3.05, 3.63) is 29.3 Å². The van der Waals surface area contributed by atoms with Crippen LogP contribution in [0.1, 0.15) is 18.5 Å². The molecule has 2 unspecified atom stereocenters. The lowest BCUT2D eigenvalue weighted by Crippen LogP contribution is -2.22. The van der Waals surface area contributed by atoms with E-state index in [0.29, 0.717) is 17.5 Å². The summed E-state index contributed by atoms with van der Waals surface area (Å²) in [5.41, 5.74) is 3.07. The van der Waals surface area contributed by atoms with Crippen LogP contribution in [0.4, 0.5) is 5.13 Å². The molecule has 21 heavy (non-hydrogen) atoms. The number of hydrogen-bond acceptors (Lipinski definition) is 5. The maximum atomic E-state index is 10.5. The van der Waals surface area contributed by atoms with Crippen LogP contribution in [0.2, 0.25) is 0 Å². The molecule has 1 aliphatic carbocycles. The molecule has 3 heterocycles. The van der Waals surface area contributed by atoms with Gasteiger partial charge in [-0.15, -0.1) is 11.3 Å². The Balaban J connectivity index is 1.65. The highest BCUT2D eigenvalue weighted by Crippen LogP contribution is 2.58. The summed E-state index contributed by atoms with van der Waals surface area (Å²) >= 11 is 1.41. The van der Waals surface area contributed by atoms with E-state index in [4.69, 9.17) is 9.72 Å². The number of pyridine rings is 1. The van der Waals surface area contributed by atoms with Gasteiger partial charge < -0.3 is 10.1 Å². The minimum Gasteiger partial charge on any atom is -0.381 e. The molecule has 1 saturated carbocycles. The monoisotopic (exact) mass is 301 g/mol. The summed E-state index contributed by atoms with van der Waals surface area (Å²) in [7, 11) is 0. The largest absolute Gasteiger partial charge is 0.381 e. The van der Waals surface area contributed by atoms with E-state index >= 15 is 0 Å². The molecule has 6 heteroatoms. The Hall–Kier alpha value is -1.79. The topological polar surface area (TPSA) is 64.1 Å². The normalized spacial score (nSPS) is 27.0. The molecular formula is C15H15N3O2S. The lowest BCUT2D eigenvalue weighted by molar-refractivity contribution is -0.105. The molecular weight excluding hydrogens is 286 g/mol. The lowest BCUT2D eigenvalue weighted by Gasteiger charge is -2.22. The van der Waals surface area contributed by atoms with Gasteiger partial charge in [-0.3, -0.25) is 9.78 Å². The summed E-state index contributed by atoms with van der Waals surface area (Å²) in [5, 5.41) is 5.09. The third-order valence-corrected chi connectivity index (χ3v) is 5.23. The van der Waals surface area contributed by atoms with Gasteiger partial charge in [0.15, 0.2) is 5.13 Å². The van der Waals surface area contributed by atoms with Crippen LogP contribution in [0.5, 0.6) is 0 Å². The number of hydrogen-bond donors (Lipinski definition) is 1. The first-order valence-corrected chi connectivity index (χ1v) is 7.91. The molecule has 0 radical (unpaired) electrons. The standard InChI is InChI=1S/C15H15N3O2S/c19-9-16-14-18-12(8-21-14)11-2-1-3-13(17-11)15-4-5-20-7-10(15)6-15/h1-3,8-10H,4-7H2,(H,16,18,19). The molecule has 108 valence electrons. The highest BCUT2D eigenvalue weighted by Gasteiger charge is 2.57. The molecule has 1 saturated heterocycles. The van der Waals surface area contributed by atoms with E-state index in [9.17, 15) is 4.79 Å². The fraction of sp³-hybridized carbons (Fsp3) is 0.400. The first kappa shape index (κ1) is 12.9. The number of anilines is 1. The van der Waals surface area contributed by atoms with Gasteiger partial charge in [0.1, 0.15) is 5.69 Å². The highest BCUT2D eigenvalue weighted by molar-refractivity contribution is 7.14. The molecule has 0 aromatic carbocycles. The van der Waals surface area contributed by atoms with Crippen molar-refractivity contribution in [1.29, 1.82) is 0 Å². The Kier molecular flexibility index (Phi) is 3.01. The summed E-state index contributed by atoms with van der Waals surface area (Å²) in [6, 6.07) is 6.13. The molecule has 0 spiro atoms. The predicted molar refractivity (Wildman–Crippen MR) is 80.3 cm³/mol. The fourth-order valence-corrected chi connectivity index (χ4v) is 3.85. The second-order valence-corrected chi connectivity index (χ2v) is 6.45. The van der Waals surface area contributed by atoms with E-state index in [1.54, 1.807) is 0 Å². The van der Waals surface area contributed by atoms with Crippen molar-refractivity contribution in [2.24, 2.45) is 5.92 Å². The first-order valence-electron chi connectivity index (χ1n) is 7.03. The Bertz CT molecular complexity index is 687. The fourth-order valence-electron chi connectivity index (χ4n) is 3.19. The average Bonchev–Trinajstić information content (AvgIpc) is 3.11. The summed E-state index contributed by atoms with van der Waals surface area (Å²) < 4.78 is 5.54. The molecule has 1 N–H and O–H groups in total. The number of aromatic nitrogens is 2.